The smallest absolute Gasteiger partial charge is 0.255 e. The van der Waals surface area contributed by atoms with Crippen LogP contribution in [0.25, 0.3) is 0 Å². The van der Waals surface area contributed by atoms with Crippen LogP contribution in [0, 0.1) is 5.82 Å². The molecule has 0 saturated carbocycles. The summed E-state index contributed by atoms with van der Waals surface area (Å²) in [5.74, 6) is 1.43. The molecular weight excluding hydrogens is 381 g/mol. The zero-order valence-electron chi connectivity index (χ0n) is 15.9. The first kappa shape index (κ1) is 19.1. The lowest BCUT2D eigenvalue weighted by atomic mass is 10.2. The number of aromatic nitrogens is 1. The number of anilines is 3. The Kier molecular flexibility index (Phi) is 5.66. The summed E-state index contributed by atoms with van der Waals surface area (Å²) in [5, 5.41) is 5.92. The Balaban J connectivity index is 1.35. The molecule has 0 saturated heterocycles. The van der Waals surface area contributed by atoms with Crippen LogP contribution < -0.4 is 15.4 Å². The molecule has 0 aliphatic carbocycles. The van der Waals surface area contributed by atoms with E-state index in [1.807, 2.05) is 54.6 Å². The molecule has 0 bridgehead atoms. The molecule has 1 aromatic heterocycles. The molecule has 30 heavy (non-hydrogen) atoms. The van der Waals surface area contributed by atoms with Crippen molar-refractivity contribution in [2.75, 3.05) is 10.6 Å². The van der Waals surface area contributed by atoms with Gasteiger partial charge in [-0.25, -0.2) is 9.37 Å². The van der Waals surface area contributed by atoms with Crippen LogP contribution in [-0.4, -0.2) is 10.9 Å². The number of amides is 1. The van der Waals surface area contributed by atoms with Crippen LogP contribution in [0.15, 0.2) is 97.2 Å². The number of ether oxygens (including phenoxy) is 1. The minimum atomic E-state index is -0.386. The van der Waals surface area contributed by atoms with Gasteiger partial charge in [0.2, 0.25) is 0 Å². The Morgan fingerprint density at radius 3 is 2.10 bits per heavy atom. The Hall–Kier alpha value is -4.19. The summed E-state index contributed by atoms with van der Waals surface area (Å²) >= 11 is 0. The number of carbonyl (C=O) groups excluding carboxylic acids is 1. The molecule has 0 unspecified atom stereocenters. The van der Waals surface area contributed by atoms with Gasteiger partial charge in [-0.3, -0.25) is 4.79 Å². The maximum Gasteiger partial charge on any atom is 0.255 e. The summed E-state index contributed by atoms with van der Waals surface area (Å²) in [6.07, 6.45) is 1.55. The molecular formula is C24H18FN3O2. The topological polar surface area (TPSA) is 63.2 Å². The van der Waals surface area contributed by atoms with E-state index in [2.05, 4.69) is 15.6 Å². The monoisotopic (exact) mass is 399 g/mol. The third kappa shape index (κ3) is 4.99. The predicted octanol–water partition coefficient (Wildman–Crippen LogP) is 6.01. The third-order valence-corrected chi connectivity index (χ3v) is 4.23. The summed E-state index contributed by atoms with van der Waals surface area (Å²) in [7, 11) is 0. The minimum absolute atomic E-state index is 0.327. The fourth-order valence-corrected chi connectivity index (χ4v) is 2.73. The minimum Gasteiger partial charge on any atom is -0.457 e. The van der Waals surface area contributed by atoms with E-state index in [0.717, 1.165) is 17.2 Å². The maximum atomic E-state index is 13.0. The van der Waals surface area contributed by atoms with Crippen LogP contribution >= 0.6 is 0 Å². The second-order valence-corrected chi connectivity index (χ2v) is 6.46. The van der Waals surface area contributed by atoms with E-state index in [1.54, 1.807) is 18.3 Å². The number of pyridine rings is 1. The van der Waals surface area contributed by atoms with Crippen LogP contribution in [0.4, 0.5) is 21.6 Å². The first-order valence-corrected chi connectivity index (χ1v) is 9.29. The van der Waals surface area contributed by atoms with Gasteiger partial charge in [-0.2, -0.15) is 0 Å². The largest absolute Gasteiger partial charge is 0.457 e. The molecule has 6 heteroatoms. The van der Waals surface area contributed by atoms with Gasteiger partial charge in [0.1, 0.15) is 23.1 Å². The highest BCUT2D eigenvalue weighted by Crippen LogP contribution is 2.24. The van der Waals surface area contributed by atoms with Gasteiger partial charge in [-0.05, 0) is 72.8 Å². The highest BCUT2D eigenvalue weighted by Gasteiger charge is 2.07. The van der Waals surface area contributed by atoms with Gasteiger partial charge in [-0.15, -0.1) is 0 Å². The van der Waals surface area contributed by atoms with Crippen LogP contribution in [0.5, 0.6) is 11.5 Å². The lowest BCUT2D eigenvalue weighted by molar-refractivity contribution is 0.102. The number of benzene rings is 3. The van der Waals surface area contributed by atoms with E-state index in [1.165, 1.54) is 24.3 Å². The average Bonchev–Trinajstić information content (AvgIpc) is 2.78. The van der Waals surface area contributed by atoms with Crippen molar-refractivity contribution in [1.82, 2.24) is 4.98 Å². The van der Waals surface area contributed by atoms with Crippen molar-refractivity contribution in [1.29, 1.82) is 0 Å². The van der Waals surface area contributed by atoms with E-state index >= 15 is 0 Å². The summed E-state index contributed by atoms with van der Waals surface area (Å²) in [6, 6.07) is 25.9. The molecule has 5 nitrogen and oxygen atoms in total. The molecule has 1 amide bonds. The van der Waals surface area contributed by atoms with Crippen molar-refractivity contribution in [3.8, 4) is 11.5 Å². The molecule has 2 N–H and O–H groups in total. The molecule has 0 aliphatic heterocycles. The predicted molar refractivity (Wildman–Crippen MR) is 115 cm³/mol. The van der Waals surface area contributed by atoms with Gasteiger partial charge in [0.15, 0.2) is 0 Å². The highest BCUT2D eigenvalue weighted by molar-refractivity contribution is 6.04. The number of hydrogen-bond acceptors (Lipinski definition) is 4. The first-order valence-electron chi connectivity index (χ1n) is 9.29. The molecule has 4 aromatic rings. The van der Waals surface area contributed by atoms with E-state index in [-0.39, 0.29) is 11.7 Å². The zero-order valence-corrected chi connectivity index (χ0v) is 15.9. The average molecular weight is 399 g/mol. The van der Waals surface area contributed by atoms with Crippen LogP contribution in [0.2, 0.25) is 0 Å². The number of para-hydroxylation sites is 1. The van der Waals surface area contributed by atoms with Crippen molar-refractivity contribution in [2.45, 2.75) is 0 Å². The van der Waals surface area contributed by atoms with Gasteiger partial charge < -0.3 is 15.4 Å². The summed E-state index contributed by atoms with van der Waals surface area (Å²) in [6.45, 7) is 0. The Morgan fingerprint density at radius 2 is 1.43 bits per heavy atom. The first-order chi connectivity index (χ1) is 14.7. The molecule has 3 aromatic carbocycles. The van der Waals surface area contributed by atoms with Crippen molar-refractivity contribution >= 4 is 23.1 Å². The fraction of sp³-hybridized carbons (Fsp3) is 0. The van der Waals surface area contributed by atoms with Crippen molar-refractivity contribution in [3.63, 3.8) is 0 Å². The number of nitrogens with one attached hydrogen (secondary N) is 2. The standard InChI is InChI=1S/C24H18FN3O2/c25-18-8-6-17(7-9-18)24(29)28-20-12-15-23(26-16-20)27-19-10-13-22(14-11-19)30-21-4-2-1-3-5-21/h1-16H,(H,26,27)(H,28,29). The quantitative estimate of drug-likeness (QED) is 0.417. The number of rotatable bonds is 6. The number of carbonyl (C=O) groups is 1. The van der Waals surface area contributed by atoms with Crippen LogP contribution in [0.1, 0.15) is 10.4 Å². The number of hydrogen-bond donors (Lipinski definition) is 2. The molecule has 0 fully saturated rings. The molecule has 0 aliphatic rings. The van der Waals surface area contributed by atoms with E-state index in [9.17, 15) is 9.18 Å². The highest BCUT2D eigenvalue weighted by atomic mass is 19.1. The molecule has 0 radical (unpaired) electrons. The summed E-state index contributed by atoms with van der Waals surface area (Å²) in [4.78, 5) is 16.5. The molecule has 0 spiro atoms. The Labute approximate surface area is 173 Å². The van der Waals surface area contributed by atoms with Gasteiger partial charge in [-0.1, -0.05) is 18.2 Å². The Morgan fingerprint density at radius 1 is 0.767 bits per heavy atom. The third-order valence-electron chi connectivity index (χ3n) is 4.23. The second-order valence-electron chi connectivity index (χ2n) is 6.46. The Bertz CT molecular complexity index is 1110. The summed E-state index contributed by atoms with van der Waals surface area (Å²) in [5.41, 5.74) is 1.77. The van der Waals surface area contributed by atoms with Gasteiger partial charge >= 0.3 is 0 Å². The van der Waals surface area contributed by atoms with Gasteiger partial charge in [0.25, 0.3) is 5.91 Å². The summed E-state index contributed by atoms with van der Waals surface area (Å²) < 4.78 is 18.7. The second kappa shape index (κ2) is 8.87. The van der Waals surface area contributed by atoms with Gasteiger partial charge in [0.05, 0.1) is 11.9 Å². The van der Waals surface area contributed by atoms with Crippen LogP contribution in [0.3, 0.4) is 0 Å². The number of nitrogens with zero attached hydrogens (tertiary/aromatic N) is 1. The zero-order chi connectivity index (χ0) is 20.8. The van der Waals surface area contributed by atoms with Crippen LogP contribution in [-0.2, 0) is 0 Å². The molecule has 148 valence electrons. The van der Waals surface area contributed by atoms with Crippen molar-refractivity contribution in [2.24, 2.45) is 0 Å². The molecule has 1 heterocycles. The SMILES string of the molecule is O=C(Nc1ccc(Nc2ccc(Oc3ccccc3)cc2)nc1)c1ccc(F)cc1. The molecule has 4 rings (SSSR count). The van der Waals surface area contributed by atoms with E-state index in [0.29, 0.717) is 17.1 Å². The normalized spacial score (nSPS) is 10.3. The van der Waals surface area contributed by atoms with Gasteiger partial charge in [0, 0.05) is 11.3 Å². The van der Waals surface area contributed by atoms with E-state index in [4.69, 9.17) is 4.74 Å². The fourth-order valence-electron chi connectivity index (χ4n) is 2.73. The van der Waals surface area contributed by atoms with E-state index < -0.39 is 0 Å². The maximum absolute atomic E-state index is 13.0. The molecule has 0 atom stereocenters. The number of halogens is 1. The van der Waals surface area contributed by atoms with Crippen molar-refractivity contribution < 1.29 is 13.9 Å². The lowest BCUT2D eigenvalue weighted by Gasteiger charge is -2.09. The van der Waals surface area contributed by atoms with Crippen molar-refractivity contribution in [3.05, 3.63) is 109 Å². The lowest BCUT2D eigenvalue weighted by Crippen LogP contribution is -2.12.